The second-order valence-corrected chi connectivity index (χ2v) is 11.1. The summed E-state index contributed by atoms with van der Waals surface area (Å²) in [7, 11) is 1.54. The van der Waals surface area contributed by atoms with Crippen LogP contribution in [0.4, 0.5) is 4.39 Å². The van der Waals surface area contributed by atoms with Crippen LogP contribution in [-0.4, -0.2) is 41.2 Å². The van der Waals surface area contributed by atoms with Crippen molar-refractivity contribution in [1.29, 1.82) is 0 Å². The molecule has 2 aromatic rings. The van der Waals surface area contributed by atoms with Gasteiger partial charge in [-0.25, -0.2) is 4.39 Å². The van der Waals surface area contributed by atoms with E-state index in [9.17, 15) is 23.9 Å². The number of carbonyl (C=O) groups is 3. The van der Waals surface area contributed by atoms with Crippen LogP contribution in [0.25, 0.3) is 0 Å². The van der Waals surface area contributed by atoms with Gasteiger partial charge in [-0.2, -0.15) is 0 Å². The molecule has 9 heteroatoms. The number of rotatable bonds is 8. The number of carboxylic acids is 1. The molecule has 39 heavy (non-hydrogen) atoms. The SMILES string of the molecule is COc1cc(C2C3=C(CCCC3=O)N(CCC(=O)O)C3=C2C(=O)CCC3)cc(I)c1OCc1ccc(F)cc1. The third kappa shape index (κ3) is 5.46. The maximum absolute atomic E-state index is 13.4. The van der Waals surface area contributed by atoms with E-state index in [1.54, 1.807) is 19.2 Å². The predicted octanol–water partition coefficient (Wildman–Crippen LogP) is 5.91. The molecule has 0 saturated carbocycles. The Balaban J connectivity index is 1.58. The van der Waals surface area contributed by atoms with Gasteiger partial charge in [-0.15, -0.1) is 0 Å². The summed E-state index contributed by atoms with van der Waals surface area (Å²) in [6.45, 7) is 0.451. The van der Waals surface area contributed by atoms with Gasteiger partial charge in [0.25, 0.3) is 0 Å². The average Bonchev–Trinajstić information content (AvgIpc) is 2.91. The number of carboxylic acid groups (broad SMARTS) is 1. The number of aliphatic carboxylic acids is 1. The molecule has 0 atom stereocenters. The lowest BCUT2D eigenvalue weighted by Crippen LogP contribution is -2.40. The van der Waals surface area contributed by atoms with Crippen molar-refractivity contribution in [2.24, 2.45) is 0 Å². The molecule has 0 bridgehead atoms. The smallest absolute Gasteiger partial charge is 0.305 e. The molecule has 0 aromatic heterocycles. The standard InChI is InChI=1S/C30H29FINO6/c1-38-25-15-18(14-20(32)30(25)39-16-17-8-10-19(31)11-9-17)27-28-21(4-2-6-23(28)34)33(13-12-26(36)37)22-5-3-7-24(35)29(22)27/h8-11,14-15,27H,2-7,12-13,16H2,1H3,(H,36,37). The molecule has 2 aliphatic carbocycles. The number of halogens is 2. The van der Waals surface area contributed by atoms with Crippen molar-refractivity contribution in [1.82, 2.24) is 4.90 Å². The maximum Gasteiger partial charge on any atom is 0.305 e. The van der Waals surface area contributed by atoms with E-state index in [2.05, 4.69) is 22.6 Å². The van der Waals surface area contributed by atoms with Crippen LogP contribution in [0.15, 0.2) is 58.9 Å². The molecule has 204 valence electrons. The van der Waals surface area contributed by atoms with Gasteiger partial charge < -0.3 is 19.5 Å². The van der Waals surface area contributed by atoms with Gasteiger partial charge in [0.2, 0.25) is 0 Å². The number of nitrogens with zero attached hydrogens (tertiary/aromatic N) is 1. The normalized spacial score (nSPS) is 17.8. The van der Waals surface area contributed by atoms with Gasteiger partial charge in [-0.1, -0.05) is 12.1 Å². The fraction of sp³-hybridized carbons (Fsp3) is 0.367. The van der Waals surface area contributed by atoms with E-state index in [1.807, 2.05) is 17.0 Å². The highest BCUT2D eigenvalue weighted by Gasteiger charge is 2.43. The van der Waals surface area contributed by atoms with E-state index in [0.717, 1.165) is 26.1 Å². The topological polar surface area (TPSA) is 93.1 Å². The summed E-state index contributed by atoms with van der Waals surface area (Å²) in [5, 5.41) is 9.38. The molecule has 0 amide bonds. The lowest BCUT2D eigenvalue weighted by molar-refractivity contribution is -0.137. The zero-order chi connectivity index (χ0) is 27.7. The Morgan fingerprint density at radius 3 is 2.21 bits per heavy atom. The van der Waals surface area contributed by atoms with Crippen LogP contribution < -0.4 is 9.47 Å². The number of allylic oxidation sites excluding steroid dienone is 4. The molecule has 7 nitrogen and oxygen atoms in total. The first-order valence-electron chi connectivity index (χ1n) is 13.0. The Labute approximate surface area is 239 Å². The number of carbonyl (C=O) groups excluding carboxylic acids is 2. The predicted molar refractivity (Wildman–Crippen MR) is 150 cm³/mol. The van der Waals surface area contributed by atoms with Gasteiger partial charge in [-0.3, -0.25) is 14.4 Å². The Bertz CT molecular complexity index is 1350. The van der Waals surface area contributed by atoms with Crippen molar-refractivity contribution in [3.05, 3.63) is 79.5 Å². The number of ether oxygens (including phenoxy) is 2. The highest BCUT2D eigenvalue weighted by Crippen LogP contribution is 2.50. The molecule has 0 saturated heterocycles. The fourth-order valence-electron chi connectivity index (χ4n) is 5.81. The van der Waals surface area contributed by atoms with Crippen LogP contribution in [0, 0.1) is 9.39 Å². The number of Topliss-reactive ketones (excluding diaryl/α,β-unsaturated/α-hetero) is 2. The maximum atomic E-state index is 13.4. The van der Waals surface area contributed by atoms with Gasteiger partial charge in [0, 0.05) is 47.8 Å². The Hall–Kier alpha value is -3.21. The molecule has 2 aromatic carbocycles. The third-order valence-corrected chi connectivity index (χ3v) is 8.32. The van der Waals surface area contributed by atoms with Crippen molar-refractivity contribution >= 4 is 40.1 Å². The van der Waals surface area contributed by atoms with Crippen molar-refractivity contribution in [2.45, 2.75) is 57.5 Å². The molecular formula is C30H29FINO6. The van der Waals surface area contributed by atoms with E-state index in [4.69, 9.17) is 9.47 Å². The minimum atomic E-state index is -0.916. The average molecular weight is 645 g/mol. The summed E-state index contributed by atoms with van der Waals surface area (Å²) in [5.74, 6) is -0.775. The zero-order valence-corrected chi connectivity index (χ0v) is 23.8. The lowest BCUT2D eigenvalue weighted by atomic mass is 9.71. The van der Waals surface area contributed by atoms with Crippen molar-refractivity contribution in [2.75, 3.05) is 13.7 Å². The number of methoxy groups -OCH3 is 1. The van der Waals surface area contributed by atoms with E-state index in [-0.39, 0.29) is 37.0 Å². The number of ketones is 2. The number of hydrogen-bond donors (Lipinski definition) is 1. The number of benzene rings is 2. The first kappa shape index (κ1) is 27.4. The zero-order valence-electron chi connectivity index (χ0n) is 21.6. The Morgan fingerprint density at radius 1 is 1.03 bits per heavy atom. The highest BCUT2D eigenvalue weighted by molar-refractivity contribution is 14.1. The highest BCUT2D eigenvalue weighted by atomic mass is 127. The molecule has 0 spiro atoms. The summed E-state index contributed by atoms with van der Waals surface area (Å²) in [6, 6.07) is 9.84. The molecule has 1 N–H and O–H groups in total. The van der Waals surface area contributed by atoms with Crippen LogP contribution in [-0.2, 0) is 21.0 Å². The Kier molecular flexibility index (Phi) is 8.06. The largest absolute Gasteiger partial charge is 0.493 e. The van der Waals surface area contributed by atoms with E-state index < -0.39 is 11.9 Å². The molecular weight excluding hydrogens is 616 g/mol. The molecule has 1 aliphatic heterocycles. The number of hydrogen-bond acceptors (Lipinski definition) is 6. The Morgan fingerprint density at radius 2 is 1.64 bits per heavy atom. The van der Waals surface area contributed by atoms with E-state index in [1.165, 1.54) is 12.1 Å². The van der Waals surface area contributed by atoms with Crippen molar-refractivity contribution in [3.8, 4) is 11.5 Å². The third-order valence-electron chi connectivity index (χ3n) is 7.52. The monoisotopic (exact) mass is 645 g/mol. The molecule has 3 aliphatic rings. The van der Waals surface area contributed by atoms with Gasteiger partial charge in [0.15, 0.2) is 23.1 Å². The van der Waals surface area contributed by atoms with Crippen LogP contribution in [0.1, 0.15) is 62.0 Å². The molecule has 5 rings (SSSR count). The van der Waals surface area contributed by atoms with Gasteiger partial charge >= 0.3 is 5.97 Å². The molecule has 0 unspecified atom stereocenters. The van der Waals surface area contributed by atoms with Crippen LogP contribution in [0.2, 0.25) is 0 Å². The summed E-state index contributed by atoms with van der Waals surface area (Å²) in [5.41, 5.74) is 4.45. The van der Waals surface area contributed by atoms with Crippen LogP contribution in [0.3, 0.4) is 0 Å². The van der Waals surface area contributed by atoms with Crippen molar-refractivity contribution in [3.63, 3.8) is 0 Å². The summed E-state index contributed by atoms with van der Waals surface area (Å²) < 4.78 is 25.8. The summed E-state index contributed by atoms with van der Waals surface area (Å²) in [6.07, 6.45) is 3.43. The summed E-state index contributed by atoms with van der Waals surface area (Å²) in [4.78, 5) is 40.3. The van der Waals surface area contributed by atoms with Gasteiger partial charge in [-0.05, 0) is 83.7 Å². The van der Waals surface area contributed by atoms with Gasteiger partial charge in [0.1, 0.15) is 12.4 Å². The van der Waals surface area contributed by atoms with Crippen molar-refractivity contribution < 1.29 is 33.4 Å². The minimum absolute atomic E-state index is 0.00268. The first-order valence-corrected chi connectivity index (χ1v) is 14.1. The lowest BCUT2D eigenvalue weighted by Gasteiger charge is -2.44. The van der Waals surface area contributed by atoms with Crippen LogP contribution >= 0.6 is 22.6 Å². The quantitative estimate of drug-likeness (QED) is 0.357. The van der Waals surface area contributed by atoms with E-state index in [0.29, 0.717) is 61.2 Å². The minimum Gasteiger partial charge on any atom is -0.493 e. The van der Waals surface area contributed by atoms with Crippen LogP contribution in [0.5, 0.6) is 11.5 Å². The fourth-order valence-corrected chi connectivity index (χ4v) is 6.59. The van der Waals surface area contributed by atoms with E-state index >= 15 is 0 Å². The second-order valence-electron chi connectivity index (χ2n) is 9.95. The molecule has 0 fully saturated rings. The van der Waals surface area contributed by atoms with Gasteiger partial charge in [0.05, 0.1) is 17.1 Å². The first-order chi connectivity index (χ1) is 18.8. The molecule has 0 radical (unpaired) electrons. The molecule has 1 heterocycles. The second kappa shape index (κ2) is 11.5. The summed E-state index contributed by atoms with van der Waals surface area (Å²) >= 11 is 2.17.